The van der Waals surface area contributed by atoms with Gasteiger partial charge >= 0.3 is 76.8 Å². The Morgan fingerprint density at radius 1 is 0.750 bits per heavy atom. The second-order valence-electron chi connectivity index (χ2n) is 7.26. The average molecular weight is 862 g/mol. The molecule has 0 spiro atoms. The summed E-state index contributed by atoms with van der Waals surface area (Å²) < 4.78 is 15.6. The number of hydrogen-bond donors (Lipinski definition) is 0. The van der Waals surface area contributed by atoms with E-state index in [9.17, 15) is 9.59 Å². The van der Waals surface area contributed by atoms with E-state index >= 15 is 0 Å². The van der Waals surface area contributed by atoms with Gasteiger partial charge in [0.15, 0.2) is 0 Å². The van der Waals surface area contributed by atoms with E-state index in [1.807, 2.05) is 75.4 Å². The molecular formula is C27H26I3O5V. The Labute approximate surface area is 250 Å². The van der Waals surface area contributed by atoms with E-state index in [0.29, 0.717) is 17.7 Å². The molecule has 0 amide bonds. The molecule has 5 nitrogen and oxygen atoms in total. The zero-order valence-electron chi connectivity index (χ0n) is 20.0. The number of benzene rings is 3. The molecule has 0 unspecified atom stereocenters. The summed E-state index contributed by atoms with van der Waals surface area (Å²) in [6, 6.07) is 21.9. The van der Waals surface area contributed by atoms with Crippen molar-refractivity contribution in [3.8, 4) is 16.9 Å². The fraction of sp³-hybridized carbons (Fsp3) is 0.185. The number of halogens is 3. The third-order valence-corrected chi connectivity index (χ3v) is 5.01. The second kappa shape index (κ2) is 16.7. The number of carbonyl (C=O) groups is 2. The third-order valence-electron chi connectivity index (χ3n) is 5.01. The van der Waals surface area contributed by atoms with Crippen molar-refractivity contribution in [1.29, 1.82) is 0 Å². The summed E-state index contributed by atoms with van der Waals surface area (Å²) in [4.78, 5) is 24.1. The molecule has 3 aromatic rings. The molecule has 3 aromatic carbocycles. The van der Waals surface area contributed by atoms with Crippen LogP contribution in [0.25, 0.3) is 16.7 Å². The van der Waals surface area contributed by atoms with E-state index < -0.39 is 18.7 Å². The molecule has 9 heteroatoms. The van der Waals surface area contributed by atoms with Gasteiger partial charge in [-0.2, -0.15) is 0 Å². The molecule has 0 radical (unpaired) electrons. The van der Waals surface area contributed by atoms with Crippen LogP contribution in [0.1, 0.15) is 47.1 Å². The minimum atomic E-state index is -0.560. The first kappa shape index (κ1) is 31.1. The van der Waals surface area contributed by atoms with Gasteiger partial charge in [-0.25, -0.2) is 9.59 Å². The van der Waals surface area contributed by atoms with Gasteiger partial charge in [-0.15, -0.1) is 0 Å². The Kier molecular flexibility index (Phi) is 14.4. The molecule has 3 rings (SSSR count). The fourth-order valence-corrected chi connectivity index (χ4v) is 3.05. The standard InChI is InChI=1S/C27H26O5.3HI.V/c1-4-19(3)20-6-10-23(11-7-20)26(28)31-18-32-27(29)24-12-8-21(9-13-24)22-14-16-25(17-15-22)30-5-2;;;;/h4,6-17H,5,18H2,1-3H3;3*1H;/q;;;;+3/p-3. The normalized spacial score (nSPS) is 10.8. The van der Waals surface area contributed by atoms with E-state index in [0.717, 1.165) is 28.0 Å². The topological polar surface area (TPSA) is 61.8 Å². The van der Waals surface area contributed by atoms with E-state index in [2.05, 4.69) is 59.9 Å². The van der Waals surface area contributed by atoms with E-state index in [-0.39, 0.29) is 4.92 Å². The summed E-state index contributed by atoms with van der Waals surface area (Å²) in [6.45, 7) is 6.06. The zero-order valence-corrected chi connectivity index (χ0v) is 27.9. The molecule has 0 saturated carbocycles. The van der Waals surface area contributed by atoms with Gasteiger partial charge < -0.3 is 14.2 Å². The predicted molar refractivity (Wildman–Crippen MR) is 167 cm³/mol. The monoisotopic (exact) mass is 862 g/mol. The molecule has 0 aliphatic rings. The molecule has 0 saturated heterocycles. The van der Waals surface area contributed by atoms with E-state index in [1.54, 1.807) is 24.3 Å². The van der Waals surface area contributed by atoms with Gasteiger partial charge in [0, 0.05) is 0 Å². The molecule has 0 bridgehead atoms. The van der Waals surface area contributed by atoms with Gasteiger partial charge in [0.05, 0.1) is 17.7 Å². The molecule has 190 valence electrons. The first-order valence-corrected chi connectivity index (χ1v) is 24.4. The first-order valence-electron chi connectivity index (χ1n) is 10.9. The van der Waals surface area contributed by atoms with Crippen LogP contribution in [-0.2, 0) is 14.4 Å². The number of carbonyl (C=O) groups excluding carboxylic acids is 2. The van der Waals surface area contributed by atoms with Crippen LogP contribution in [0.5, 0.6) is 5.75 Å². The number of rotatable bonds is 8. The van der Waals surface area contributed by atoms with Crippen LogP contribution in [0.4, 0.5) is 0 Å². The summed E-state index contributed by atoms with van der Waals surface area (Å²) in [7, 11) is 0. The number of hydrogen-bond acceptors (Lipinski definition) is 5. The van der Waals surface area contributed by atoms with Gasteiger partial charge in [0.2, 0.25) is 6.79 Å². The number of esters is 2. The Morgan fingerprint density at radius 2 is 1.14 bits per heavy atom. The van der Waals surface area contributed by atoms with Crippen molar-refractivity contribution in [2.24, 2.45) is 0 Å². The molecule has 0 N–H and O–H groups in total. The Bertz CT molecular complexity index is 1140. The van der Waals surface area contributed by atoms with Crippen molar-refractivity contribution in [3.63, 3.8) is 0 Å². The summed E-state index contributed by atoms with van der Waals surface area (Å²) >= 11 is 7.39. The Balaban J connectivity index is 0.00000106. The number of ether oxygens (including phenoxy) is 3. The summed E-state index contributed by atoms with van der Waals surface area (Å²) in [5, 5.41) is 0. The predicted octanol–water partition coefficient (Wildman–Crippen LogP) is 8.80. The van der Waals surface area contributed by atoms with Crippen LogP contribution in [0.3, 0.4) is 0 Å². The van der Waals surface area contributed by atoms with E-state index in [4.69, 9.17) is 14.2 Å². The van der Waals surface area contributed by atoms with Crippen LogP contribution in [-0.4, -0.2) is 25.3 Å². The van der Waals surface area contributed by atoms with Crippen molar-refractivity contribution < 1.29 is 28.7 Å². The van der Waals surface area contributed by atoms with E-state index in [1.165, 1.54) is 0 Å². The van der Waals surface area contributed by atoms with Crippen LogP contribution < -0.4 is 4.74 Å². The average Bonchev–Trinajstić information content (AvgIpc) is 2.88. The molecule has 0 aliphatic carbocycles. The molecule has 0 aliphatic heterocycles. The van der Waals surface area contributed by atoms with Crippen molar-refractivity contribution in [1.82, 2.24) is 0 Å². The molecular weight excluding hydrogens is 836 g/mol. The maximum absolute atomic E-state index is 12.2. The zero-order chi connectivity index (χ0) is 26.5. The van der Waals surface area contributed by atoms with Gasteiger partial charge in [-0.1, -0.05) is 42.5 Å². The SMILES string of the molecule is CC=C(C)c1ccc(C(=O)OCOC(=O)c2ccc(-c3ccc(OCC)cc3)cc2)cc1.[I][V]([I])[I]. The van der Waals surface area contributed by atoms with Crippen LogP contribution >= 0.6 is 59.9 Å². The molecule has 0 aromatic heterocycles. The second-order valence-corrected chi connectivity index (χ2v) is 42.6. The fourth-order valence-electron chi connectivity index (χ4n) is 3.05. The van der Waals surface area contributed by atoms with Crippen LogP contribution in [0.15, 0.2) is 78.9 Å². The minimum absolute atomic E-state index is 0.278. The Hall–Kier alpha value is -1.09. The molecule has 0 heterocycles. The van der Waals surface area contributed by atoms with Gasteiger partial charge in [0.25, 0.3) is 0 Å². The summed E-state index contributed by atoms with van der Waals surface area (Å²) in [5.74, 6) is -0.293. The van der Waals surface area contributed by atoms with Crippen molar-refractivity contribution >= 4 is 77.4 Å². The van der Waals surface area contributed by atoms with Crippen molar-refractivity contribution in [2.45, 2.75) is 20.8 Å². The molecule has 0 fully saturated rings. The summed E-state index contributed by atoms with van der Waals surface area (Å²) in [5.41, 5.74) is 4.90. The summed E-state index contributed by atoms with van der Waals surface area (Å²) in [6.07, 6.45) is 2.00. The van der Waals surface area contributed by atoms with Crippen LogP contribution in [0.2, 0.25) is 0 Å². The van der Waals surface area contributed by atoms with Gasteiger partial charge in [0.1, 0.15) is 5.75 Å². The quantitative estimate of drug-likeness (QED) is 0.129. The third kappa shape index (κ3) is 10.7. The van der Waals surface area contributed by atoms with Gasteiger partial charge in [-0.3, -0.25) is 0 Å². The van der Waals surface area contributed by atoms with Crippen molar-refractivity contribution in [2.75, 3.05) is 13.4 Å². The number of allylic oxidation sites excluding steroid dienone is 2. The van der Waals surface area contributed by atoms with Crippen molar-refractivity contribution in [3.05, 3.63) is 95.6 Å². The Morgan fingerprint density at radius 3 is 1.56 bits per heavy atom. The molecule has 36 heavy (non-hydrogen) atoms. The molecule has 0 atom stereocenters. The maximum atomic E-state index is 12.2. The van der Waals surface area contributed by atoms with Gasteiger partial charge in [-0.05, 0) is 79.4 Å². The first-order chi connectivity index (χ1) is 17.2. The van der Waals surface area contributed by atoms with Crippen LogP contribution in [0, 0.1) is 0 Å².